The zero-order valence-electron chi connectivity index (χ0n) is 32.3. The topological polar surface area (TPSA) is 247 Å². The van der Waals surface area contributed by atoms with Gasteiger partial charge in [0.2, 0.25) is 5.91 Å². The molecule has 2 amide bonds. The van der Waals surface area contributed by atoms with Crippen molar-refractivity contribution < 1.29 is 81.3 Å². The second-order valence-corrected chi connectivity index (χ2v) is 13.4. The highest BCUT2D eigenvalue weighted by molar-refractivity contribution is 5.81. The van der Waals surface area contributed by atoms with Crippen LogP contribution in [0, 0.1) is 0 Å². The maximum Gasteiger partial charge on any atom is 0.407 e. The quantitative estimate of drug-likeness (QED) is 0.139. The van der Waals surface area contributed by atoms with Crippen molar-refractivity contribution in [2.45, 2.75) is 128 Å². The highest BCUT2D eigenvalue weighted by Crippen LogP contribution is 2.39. The lowest BCUT2D eigenvalue weighted by Crippen LogP contribution is -2.71. The lowest BCUT2D eigenvalue weighted by molar-refractivity contribution is -0.261. The molecule has 3 rings (SSSR count). The number of nitrogens with one attached hydrogen (secondary N) is 2. The van der Waals surface area contributed by atoms with Gasteiger partial charge in [-0.2, -0.15) is 0 Å². The van der Waals surface area contributed by atoms with Crippen LogP contribution in [-0.4, -0.2) is 128 Å². The molecule has 56 heavy (non-hydrogen) atoms. The summed E-state index contributed by atoms with van der Waals surface area (Å²) in [5.41, 5.74) is -1.80. The first-order valence-corrected chi connectivity index (χ1v) is 18.1. The lowest BCUT2D eigenvalue weighted by Gasteiger charge is -2.50. The van der Waals surface area contributed by atoms with Gasteiger partial charge in [0.05, 0.1) is 31.9 Å². The fourth-order valence-electron chi connectivity index (χ4n) is 6.45. The van der Waals surface area contributed by atoms with Crippen molar-refractivity contribution in [1.29, 1.82) is 0 Å². The van der Waals surface area contributed by atoms with Gasteiger partial charge in [-0.3, -0.25) is 24.0 Å². The summed E-state index contributed by atoms with van der Waals surface area (Å²) in [6, 6.07) is 6.34. The first-order valence-electron chi connectivity index (χ1n) is 18.1. The molecule has 2 aliphatic rings. The van der Waals surface area contributed by atoms with Crippen molar-refractivity contribution in [2.24, 2.45) is 0 Å². The molecule has 2 saturated heterocycles. The number of carbonyl (C=O) groups excluding carboxylic acids is 7. The van der Waals surface area contributed by atoms with Crippen molar-refractivity contribution in [3.05, 3.63) is 35.9 Å². The fourth-order valence-corrected chi connectivity index (χ4v) is 6.45. The number of carbonyl (C=O) groups is 7. The Balaban J connectivity index is 2.10. The number of methoxy groups -OCH3 is 1. The summed E-state index contributed by atoms with van der Waals surface area (Å²) >= 11 is 0. The number of hydrogen-bond donors (Lipinski definition) is 3. The zero-order valence-corrected chi connectivity index (χ0v) is 32.3. The molecule has 0 saturated carbocycles. The van der Waals surface area contributed by atoms with Crippen LogP contribution in [-0.2, 0) is 78.0 Å². The van der Waals surface area contributed by atoms with Gasteiger partial charge in [-0.15, -0.1) is 0 Å². The largest absolute Gasteiger partial charge is 0.467 e. The Morgan fingerprint density at radius 2 is 1.59 bits per heavy atom. The van der Waals surface area contributed by atoms with Crippen LogP contribution in [0.1, 0.15) is 72.3 Å². The molecule has 0 radical (unpaired) electrons. The molecule has 19 heteroatoms. The zero-order chi connectivity index (χ0) is 41.4. The van der Waals surface area contributed by atoms with E-state index in [-0.39, 0.29) is 13.2 Å². The SMILES string of the molecule is COC(=O)[C@@]1(C(O)C[C@@H](COC2CCCCO2)NC(=O)OCc2ccccc2)C[C@H](OC(C)=O)[C@@H](NC(C)=O)[C@H]([C@H](OC(C)=O)[C@H](COC(C)=O)OC(C)=O)O1. The van der Waals surface area contributed by atoms with Gasteiger partial charge in [0.1, 0.15) is 25.4 Å². The number of hydrogen-bond acceptors (Lipinski definition) is 17. The highest BCUT2D eigenvalue weighted by Gasteiger charge is 2.61. The smallest absolute Gasteiger partial charge is 0.407 e. The standard InChI is InChI=1S/C37H52N2O17/c1-21(40)38-32-28(53-23(3)42)17-37(35(46)48-6,56-34(32)33(55-25(5)44)29(54-24(4)43)20-50-22(2)41)30(45)16-27(19-51-31-14-10-11-15-49-31)39-36(47)52-18-26-12-8-7-9-13-26/h7-9,12-13,27-34,45H,10-11,14-20H2,1-6H3,(H,38,40)(H,39,47)/t27-,28-,29-,30?,31?,32+,33+,34+,37-/m0/s1. The number of amides is 2. The van der Waals surface area contributed by atoms with Crippen molar-refractivity contribution in [3.8, 4) is 0 Å². The Labute approximate surface area is 324 Å². The minimum Gasteiger partial charge on any atom is -0.467 e. The molecule has 312 valence electrons. The summed E-state index contributed by atoms with van der Waals surface area (Å²) in [6.07, 6.45) is -9.01. The molecule has 3 N–H and O–H groups in total. The van der Waals surface area contributed by atoms with E-state index in [9.17, 15) is 38.7 Å². The molecular weight excluding hydrogens is 744 g/mol. The van der Waals surface area contributed by atoms with Crippen LogP contribution in [0.3, 0.4) is 0 Å². The second-order valence-electron chi connectivity index (χ2n) is 13.4. The maximum absolute atomic E-state index is 14.0. The number of benzene rings is 1. The van der Waals surface area contributed by atoms with Gasteiger partial charge in [0.15, 0.2) is 24.1 Å². The first-order chi connectivity index (χ1) is 26.5. The van der Waals surface area contributed by atoms with E-state index in [1.54, 1.807) is 30.3 Å². The molecule has 2 aliphatic heterocycles. The van der Waals surface area contributed by atoms with E-state index in [4.69, 9.17) is 42.6 Å². The van der Waals surface area contributed by atoms with Gasteiger partial charge in [-0.05, 0) is 31.2 Å². The molecular formula is C37H52N2O17. The van der Waals surface area contributed by atoms with Crippen LogP contribution in [0.15, 0.2) is 30.3 Å². The van der Waals surface area contributed by atoms with Gasteiger partial charge >= 0.3 is 35.9 Å². The normalized spacial score (nSPS) is 24.1. The monoisotopic (exact) mass is 796 g/mol. The lowest BCUT2D eigenvalue weighted by atomic mass is 9.78. The Kier molecular flexibility index (Phi) is 17.9. The summed E-state index contributed by atoms with van der Waals surface area (Å²) in [6.45, 7) is 4.73. The summed E-state index contributed by atoms with van der Waals surface area (Å²) in [5.74, 6) is -5.41. The van der Waals surface area contributed by atoms with Gasteiger partial charge in [-0.25, -0.2) is 9.59 Å². The van der Waals surface area contributed by atoms with Gasteiger partial charge in [0.25, 0.3) is 0 Å². The second kappa shape index (κ2) is 22.0. The summed E-state index contributed by atoms with van der Waals surface area (Å²) in [5, 5.41) is 17.3. The van der Waals surface area contributed by atoms with Gasteiger partial charge < -0.3 is 58.4 Å². The highest BCUT2D eigenvalue weighted by atomic mass is 16.7. The predicted octanol–water partition coefficient (Wildman–Crippen LogP) is 1.14. The molecule has 1 aromatic rings. The Bertz CT molecular complexity index is 1500. The summed E-state index contributed by atoms with van der Waals surface area (Å²) < 4.78 is 50.2. The number of aliphatic hydroxyl groups is 1. The van der Waals surface area contributed by atoms with Gasteiger partial charge in [0, 0.05) is 47.6 Å². The van der Waals surface area contributed by atoms with Crippen molar-refractivity contribution in [1.82, 2.24) is 10.6 Å². The third-order valence-corrected chi connectivity index (χ3v) is 8.79. The maximum atomic E-state index is 14.0. The number of ether oxygens (including phenoxy) is 9. The van der Waals surface area contributed by atoms with Crippen LogP contribution in [0.5, 0.6) is 0 Å². The minimum atomic E-state index is -2.50. The van der Waals surface area contributed by atoms with E-state index in [2.05, 4.69) is 10.6 Å². The molecule has 0 aromatic heterocycles. The van der Waals surface area contributed by atoms with Crippen LogP contribution in [0.4, 0.5) is 4.79 Å². The van der Waals surface area contributed by atoms with Crippen molar-refractivity contribution in [2.75, 3.05) is 26.9 Å². The molecule has 2 unspecified atom stereocenters. The molecule has 0 spiro atoms. The molecule has 0 bridgehead atoms. The Hall–Kier alpha value is -4.85. The number of aliphatic hydroxyl groups excluding tert-OH is 1. The predicted molar refractivity (Wildman–Crippen MR) is 189 cm³/mol. The van der Waals surface area contributed by atoms with Crippen LogP contribution >= 0.6 is 0 Å². The third-order valence-electron chi connectivity index (χ3n) is 8.79. The molecule has 2 heterocycles. The number of esters is 5. The number of rotatable bonds is 18. The summed E-state index contributed by atoms with van der Waals surface area (Å²) in [7, 11) is 1.00. The van der Waals surface area contributed by atoms with Crippen LogP contribution in [0.25, 0.3) is 0 Å². The molecule has 2 fully saturated rings. The first kappa shape index (κ1) is 45.5. The molecule has 0 aliphatic carbocycles. The van der Waals surface area contributed by atoms with E-state index in [0.29, 0.717) is 18.6 Å². The van der Waals surface area contributed by atoms with E-state index >= 15 is 0 Å². The third kappa shape index (κ3) is 14.0. The van der Waals surface area contributed by atoms with Crippen molar-refractivity contribution in [3.63, 3.8) is 0 Å². The van der Waals surface area contributed by atoms with E-state index in [1.165, 1.54) is 0 Å². The van der Waals surface area contributed by atoms with Crippen molar-refractivity contribution >= 4 is 41.8 Å². The van der Waals surface area contributed by atoms with Gasteiger partial charge in [-0.1, -0.05) is 30.3 Å². The summed E-state index contributed by atoms with van der Waals surface area (Å²) in [4.78, 5) is 88.8. The molecule has 1 aromatic carbocycles. The van der Waals surface area contributed by atoms with E-state index in [0.717, 1.165) is 54.6 Å². The van der Waals surface area contributed by atoms with E-state index < -0.39 is 116 Å². The number of alkyl carbamates (subject to hydrolysis) is 1. The average molecular weight is 797 g/mol. The van der Waals surface area contributed by atoms with Crippen LogP contribution < -0.4 is 10.6 Å². The Morgan fingerprint density at radius 3 is 2.16 bits per heavy atom. The fraction of sp³-hybridized carbons (Fsp3) is 0.649. The van der Waals surface area contributed by atoms with E-state index in [1.807, 2.05) is 0 Å². The Morgan fingerprint density at radius 1 is 0.893 bits per heavy atom. The average Bonchev–Trinajstić information content (AvgIpc) is 3.14. The molecule has 9 atom stereocenters. The van der Waals surface area contributed by atoms with Crippen LogP contribution in [0.2, 0.25) is 0 Å². The minimum absolute atomic E-state index is 0.0889. The molecule has 19 nitrogen and oxygen atoms in total.